The van der Waals surface area contributed by atoms with Crippen molar-refractivity contribution in [2.75, 3.05) is 5.73 Å². The Hall–Kier alpha value is -3.42. The topological polar surface area (TPSA) is 128 Å². The summed E-state index contributed by atoms with van der Waals surface area (Å²) in [5.74, 6) is 0.103. The number of amides is 1. The predicted octanol–water partition coefficient (Wildman–Crippen LogP) is 1.82. The number of carbonyl (C=O) groups excluding carboxylic acids is 1. The number of nitrogens with zero attached hydrogens (tertiary/aromatic N) is 4. The second-order valence-corrected chi connectivity index (χ2v) is 6.92. The van der Waals surface area contributed by atoms with Crippen LogP contribution in [0.25, 0.3) is 33.1 Å². The largest absolute Gasteiger partial charge is 0.382 e. The number of anilines is 1. The van der Waals surface area contributed by atoms with Crippen LogP contribution in [0.3, 0.4) is 0 Å². The third-order valence-electron chi connectivity index (χ3n) is 5.17. The zero-order chi connectivity index (χ0) is 17.9. The smallest absolute Gasteiger partial charge is 0.225 e. The summed E-state index contributed by atoms with van der Waals surface area (Å²) in [5.41, 5.74) is 14.4. The van der Waals surface area contributed by atoms with Crippen LogP contribution in [-0.2, 0) is 11.3 Å². The van der Waals surface area contributed by atoms with Crippen LogP contribution >= 0.6 is 0 Å². The summed E-state index contributed by atoms with van der Waals surface area (Å²) in [6, 6.07) is 7.87. The van der Waals surface area contributed by atoms with Gasteiger partial charge in [0.1, 0.15) is 5.52 Å². The highest BCUT2D eigenvalue weighted by Crippen LogP contribution is 2.47. The van der Waals surface area contributed by atoms with Crippen molar-refractivity contribution in [2.45, 2.75) is 19.4 Å². The minimum atomic E-state index is -0.465. The van der Waals surface area contributed by atoms with Crippen LogP contribution in [0.2, 0.25) is 0 Å². The summed E-state index contributed by atoms with van der Waals surface area (Å²) in [6.07, 6.45) is 5.31. The molecule has 1 aliphatic carbocycles. The van der Waals surface area contributed by atoms with Gasteiger partial charge in [0.15, 0.2) is 5.82 Å². The Labute approximate surface area is 148 Å². The second kappa shape index (κ2) is 5.04. The van der Waals surface area contributed by atoms with Crippen LogP contribution < -0.4 is 11.5 Å². The number of benzene rings is 1. The fraction of sp³-hybridized carbons (Fsp3) is 0.222. The van der Waals surface area contributed by atoms with E-state index in [0.29, 0.717) is 17.9 Å². The zero-order valence-electron chi connectivity index (χ0n) is 13.9. The fourth-order valence-corrected chi connectivity index (χ4v) is 3.45. The second-order valence-electron chi connectivity index (χ2n) is 6.92. The molecule has 3 aromatic heterocycles. The van der Waals surface area contributed by atoms with Crippen molar-refractivity contribution < 1.29 is 4.79 Å². The van der Waals surface area contributed by atoms with Crippen LogP contribution in [0.4, 0.5) is 5.82 Å². The van der Waals surface area contributed by atoms with Crippen molar-refractivity contribution in [1.82, 2.24) is 25.0 Å². The van der Waals surface area contributed by atoms with Crippen LogP contribution in [0.5, 0.6) is 0 Å². The first kappa shape index (κ1) is 14.9. The van der Waals surface area contributed by atoms with E-state index in [0.717, 1.165) is 40.4 Å². The standard InChI is InChI=1S/C18H17N7O/c19-16-15-12(8-25(24-15)9-18(4-5-18)17(20)26)11-2-1-10(7-14(11)22-16)13-3-6-21-23-13/h1-3,6-8H,4-5,9H2,(H2,19,22)(H2,20,26)(H,21,23). The highest BCUT2D eigenvalue weighted by molar-refractivity contribution is 6.08. The number of rotatable bonds is 4. The number of hydrogen-bond donors (Lipinski definition) is 3. The third kappa shape index (κ3) is 2.15. The van der Waals surface area contributed by atoms with Crippen molar-refractivity contribution >= 4 is 33.5 Å². The van der Waals surface area contributed by atoms with Gasteiger partial charge >= 0.3 is 0 Å². The van der Waals surface area contributed by atoms with Gasteiger partial charge < -0.3 is 11.5 Å². The van der Waals surface area contributed by atoms with E-state index in [9.17, 15) is 4.79 Å². The van der Waals surface area contributed by atoms with Gasteiger partial charge in [-0.1, -0.05) is 12.1 Å². The van der Waals surface area contributed by atoms with Crippen LogP contribution in [0.15, 0.2) is 36.7 Å². The van der Waals surface area contributed by atoms with Gasteiger partial charge in [-0.25, -0.2) is 4.98 Å². The van der Waals surface area contributed by atoms with Crippen LogP contribution in [-0.4, -0.2) is 30.9 Å². The summed E-state index contributed by atoms with van der Waals surface area (Å²) in [4.78, 5) is 16.2. The number of carbonyl (C=O) groups is 1. The average molecular weight is 347 g/mol. The van der Waals surface area contributed by atoms with E-state index in [4.69, 9.17) is 11.5 Å². The molecule has 4 aromatic rings. The molecule has 3 heterocycles. The Morgan fingerprint density at radius 1 is 1.27 bits per heavy atom. The van der Waals surface area contributed by atoms with Gasteiger partial charge in [0, 0.05) is 28.7 Å². The number of H-pyrrole nitrogens is 1. The molecule has 0 radical (unpaired) electrons. The van der Waals surface area contributed by atoms with E-state index in [1.807, 2.05) is 30.5 Å². The number of nitrogens with two attached hydrogens (primary N) is 2. The van der Waals surface area contributed by atoms with Gasteiger partial charge in [-0.3, -0.25) is 14.6 Å². The number of aromatic nitrogens is 5. The predicted molar refractivity (Wildman–Crippen MR) is 97.9 cm³/mol. The Kier molecular flexibility index (Phi) is 2.89. The van der Waals surface area contributed by atoms with Gasteiger partial charge in [0.05, 0.1) is 23.2 Å². The molecule has 26 heavy (non-hydrogen) atoms. The maximum Gasteiger partial charge on any atom is 0.225 e. The van der Waals surface area contributed by atoms with Crippen LogP contribution in [0.1, 0.15) is 12.8 Å². The molecule has 5 rings (SSSR count). The molecule has 5 N–H and O–H groups in total. The van der Waals surface area contributed by atoms with Crippen molar-refractivity contribution in [3.63, 3.8) is 0 Å². The molecule has 130 valence electrons. The zero-order valence-corrected chi connectivity index (χ0v) is 13.9. The van der Waals surface area contributed by atoms with Crippen molar-refractivity contribution in [3.8, 4) is 11.3 Å². The first-order valence-electron chi connectivity index (χ1n) is 8.42. The molecule has 1 fully saturated rings. The van der Waals surface area contributed by atoms with E-state index >= 15 is 0 Å². The lowest BCUT2D eigenvalue weighted by Crippen LogP contribution is -2.29. The first-order valence-corrected chi connectivity index (χ1v) is 8.42. The Morgan fingerprint density at radius 2 is 2.12 bits per heavy atom. The number of nitrogens with one attached hydrogen (secondary N) is 1. The highest BCUT2D eigenvalue weighted by Gasteiger charge is 2.49. The summed E-state index contributed by atoms with van der Waals surface area (Å²) in [5, 5.41) is 13.4. The molecule has 0 atom stereocenters. The Morgan fingerprint density at radius 3 is 2.81 bits per heavy atom. The molecule has 1 amide bonds. The lowest BCUT2D eigenvalue weighted by molar-refractivity contribution is -0.123. The number of fused-ring (bicyclic) bond motifs is 3. The molecule has 0 bridgehead atoms. The monoisotopic (exact) mass is 347 g/mol. The molecule has 1 saturated carbocycles. The molecular formula is C18H17N7O. The van der Waals surface area contributed by atoms with Gasteiger partial charge in [-0.2, -0.15) is 10.2 Å². The summed E-state index contributed by atoms with van der Waals surface area (Å²) < 4.78 is 1.77. The minimum Gasteiger partial charge on any atom is -0.382 e. The molecule has 1 aliphatic rings. The number of primary amides is 1. The Balaban J connectivity index is 1.64. The number of hydrogen-bond acceptors (Lipinski definition) is 5. The lowest BCUT2D eigenvalue weighted by atomic mass is 10.1. The molecule has 0 aliphatic heterocycles. The van der Waals surface area contributed by atoms with Gasteiger partial charge in [0.25, 0.3) is 0 Å². The van der Waals surface area contributed by atoms with Crippen molar-refractivity contribution in [2.24, 2.45) is 11.1 Å². The normalized spacial score (nSPS) is 15.5. The highest BCUT2D eigenvalue weighted by atomic mass is 16.1. The number of pyridine rings is 1. The van der Waals surface area contributed by atoms with E-state index < -0.39 is 5.41 Å². The maximum atomic E-state index is 11.7. The molecule has 0 spiro atoms. The lowest BCUT2D eigenvalue weighted by Gasteiger charge is -2.09. The quantitative estimate of drug-likeness (QED) is 0.519. The minimum absolute atomic E-state index is 0.267. The third-order valence-corrected chi connectivity index (χ3v) is 5.17. The van der Waals surface area contributed by atoms with Crippen molar-refractivity contribution in [3.05, 3.63) is 36.7 Å². The fourth-order valence-electron chi connectivity index (χ4n) is 3.45. The SMILES string of the molecule is NC(=O)C1(Cn2cc3c(n2)c(N)nc2cc(-c4cc[nH]n4)ccc23)CC1. The average Bonchev–Trinajstić information content (AvgIpc) is 3.05. The summed E-state index contributed by atoms with van der Waals surface area (Å²) >= 11 is 0. The van der Waals surface area contributed by atoms with E-state index in [2.05, 4.69) is 20.3 Å². The maximum absolute atomic E-state index is 11.7. The molecule has 8 nitrogen and oxygen atoms in total. The molecular weight excluding hydrogens is 330 g/mol. The van der Waals surface area contributed by atoms with Crippen molar-refractivity contribution in [1.29, 1.82) is 0 Å². The molecule has 0 unspecified atom stereocenters. The van der Waals surface area contributed by atoms with Gasteiger partial charge in [-0.15, -0.1) is 0 Å². The van der Waals surface area contributed by atoms with E-state index in [1.165, 1.54) is 0 Å². The summed E-state index contributed by atoms with van der Waals surface area (Å²) in [7, 11) is 0. The van der Waals surface area contributed by atoms with E-state index in [-0.39, 0.29) is 5.91 Å². The van der Waals surface area contributed by atoms with E-state index in [1.54, 1.807) is 10.9 Å². The van der Waals surface area contributed by atoms with Crippen LogP contribution in [0, 0.1) is 5.41 Å². The van der Waals surface area contributed by atoms with Gasteiger partial charge in [-0.05, 0) is 25.0 Å². The molecule has 8 heteroatoms. The Bertz CT molecular complexity index is 1160. The first-order chi connectivity index (χ1) is 12.6. The van der Waals surface area contributed by atoms with Gasteiger partial charge in [0.2, 0.25) is 5.91 Å². The molecule has 0 saturated heterocycles. The summed E-state index contributed by atoms with van der Waals surface area (Å²) in [6.45, 7) is 0.475. The molecule has 1 aromatic carbocycles. The number of aromatic amines is 1. The number of nitrogen functional groups attached to an aromatic ring is 1.